The minimum Gasteiger partial charge on any atom is -0.478 e. The topological polar surface area (TPSA) is 66.7 Å². The van der Waals surface area contributed by atoms with Crippen molar-refractivity contribution in [1.82, 2.24) is 0 Å². The van der Waals surface area contributed by atoms with Gasteiger partial charge in [-0.25, -0.2) is 9.79 Å². The van der Waals surface area contributed by atoms with Gasteiger partial charge in [-0.3, -0.25) is 4.79 Å². The number of carbonyl (C=O) groups is 2. The van der Waals surface area contributed by atoms with Crippen LogP contribution in [0.2, 0.25) is 0 Å². The monoisotopic (exact) mass is 227 g/mol. The average Bonchev–Trinajstić information content (AvgIpc) is 2.33. The van der Waals surface area contributed by atoms with Crippen molar-refractivity contribution in [2.75, 3.05) is 0 Å². The van der Waals surface area contributed by atoms with Gasteiger partial charge in [0, 0.05) is 0 Å². The molecular formula is C13H9NO3. The Labute approximate surface area is 97.6 Å². The second-order valence-electron chi connectivity index (χ2n) is 3.46. The van der Waals surface area contributed by atoms with Gasteiger partial charge in [0.25, 0.3) is 0 Å². The summed E-state index contributed by atoms with van der Waals surface area (Å²) in [6.45, 7) is 0. The number of aliphatic imine (C=N–C) groups is 1. The standard InChI is InChI=1S/C13H9NO3/c15-12-7-5-11(6-8-12)14-10-3-1-9(2-4-10)13(16)17/h1-8H,(H,16,17). The van der Waals surface area contributed by atoms with E-state index in [0.717, 1.165) is 0 Å². The number of carboxylic acid groups (broad SMARTS) is 1. The Morgan fingerprint density at radius 3 is 2.12 bits per heavy atom. The van der Waals surface area contributed by atoms with Crippen molar-refractivity contribution in [1.29, 1.82) is 0 Å². The zero-order valence-corrected chi connectivity index (χ0v) is 8.83. The Morgan fingerprint density at radius 2 is 1.59 bits per heavy atom. The summed E-state index contributed by atoms with van der Waals surface area (Å²) in [5.41, 5.74) is 1.53. The molecule has 1 aliphatic rings. The SMILES string of the molecule is O=C1C=CC(=Nc2ccc(C(=O)O)cc2)C=C1. The molecule has 0 unspecified atom stereocenters. The molecule has 0 spiro atoms. The number of nitrogens with zero attached hydrogens (tertiary/aromatic N) is 1. The molecule has 2 rings (SSSR count). The van der Waals surface area contributed by atoms with Crippen LogP contribution in [-0.4, -0.2) is 22.6 Å². The van der Waals surface area contributed by atoms with E-state index in [1.54, 1.807) is 24.3 Å². The van der Waals surface area contributed by atoms with Gasteiger partial charge in [-0.05, 0) is 48.6 Å². The minimum atomic E-state index is -0.966. The summed E-state index contributed by atoms with van der Waals surface area (Å²) in [5.74, 6) is -1.03. The quantitative estimate of drug-likeness (QED) is 0.787. The predicted octanol–water partition coefficient (Wildman–Crippen LogP) is 2.15. The smallest absolute Gasteiger partial charge is 0.335 e. The summed E-state index contributed by atoms with van der Waals surface area (Å²) in [6, 6.07) is 6.22. The largest absolute Gasteiger partial charge is 0.478 e. The summed E-state index contributed by atoms with van der Waals surface area (Å²) in [6.07, 6.45) is 6.11. The third kappa shape index (κ3) is 2.75. The first kappa shape index (κ1) is 11.0. The van der Waals surface area contributed by atoms with Crippen molar-refractivity contribution >= 4 is 23.2 Å². The van der Waals surface area contributed by atoms with Crippen LogP contribution in [0.25, 0.3) is 0 Å². The number of ketones is 1. The van der Waals surface area contributed by atoms with Gasteiger partial charge in [-0.2, -0.15) is 0 Å². The fourth-order valence-corrected chi connectivity index (χ4v) is 1.35. The summed E-state index contributed by atoms with van der Waals surface area (Å²) < 4.78 is 0. The van der Waals surface area contributed by atoms with Gasteiger partial charge in [0.05, 0.1) is 17.0 Å². The highest BCUT2D eigenvalue weighted by Gasteiger charge is 2.02. The van der Waals surface area contributed by atoms with E-state index in [0.29, 0.717) is 11.4 Å². The van der Waals surface area contributed by atoms with Crippen LogP contribution in [0, 0.1) is 0 Å². The van der Waals surface area contributed by atoms with Gasteiger partial charge in [-0.1, -0.05) is 0 Å². The molecule has 1 aromatic carbocycles. The van der Waals surface area contributed by atoms with Crippen molar-refractivity contribution in [3.8, 4) is 0 Å². The van der Waals surface area contributed by atoms with Gasteiger partial charge in [0.1, 0.15) is 0 Å². The average molecular weight is 227 g/mol. The Morgan fingerprint density at radius 1 is 1.00 bits per heavy atom. The second kappa shape index (κ2) is 4.57. The van der Waals surface area contributed by atoms with Gasteiger partial charge < -0.3 is 5.11 Å². The van der Waals surface area contributed by atoms with Crippen molar-refractivity contribution in [3.63, 3.8) is 0 Å². The van der Waals surface area contributed by atoms with E-state index >= 15 is 0 Å². The summed E-state index contributed by atoms with van der Waals surface area (Å²) in [4.78, 5) is 25.8. The fourth-order valence-electron chi connectivity index (χ4n) is 1.35. The van der Waals surface area contributed by atoms with E-state index in [9.17, 15) is 9.59 Å². The van der Waals surface area contributed by atoms with Crippen LogP contribution in [0.3, 0.4) is 0 Å². The third-order valence-electron chi connectivity index (χ3n) is 2.21. The molecule has 0 bridgehead atoms. The van der Waals surface area contributed by atoms with Gasteiger partial charge in [-0.15, -0.1) is 0 Å². The maximum atomic E-state index is 10.9. The van der Waals surface area contributed by atoms with Crippen molar-refractivity contribution in [2.24, 2.45) is 4.99 Å². The van der Waals surface area contributed by atoms with Crippen LogP contribution in [0.1, 0.15) is 10.4 Å². The number of hydrogen-bond acceptors (Lipinski definition) is 3. The van der Waals surface area contributed by atoms with Crippen LogP contribution in [0.15, 0.2) is 53.6 Å². The molecule has 84 valence electrons. The maximum Gasteiger partial charge on any atom is 0.335 e. The Hall–Kier alpha value is -2.49. The Kier molecular flexibility index (Phi) is 2.96. The highest BCUT2D eigenvalue weighted by Crippen LogP contribution is 2.14. The van der Waals surface area contributed by atoms with Crippen LogP contribution in [0.4, 0.5) is 5.69 Å². The van der Waals surface area contributed by atoms with Gasteiger partial charge in [0.15, 0.2) is 5.78 Å². The molecule has 0 amide bonds. The Bertz CT molecular complexity index is 533. The van der Waals surface area contributed by atoms with E-state index in [2.05, 4.69) is 4.99 Å². The van der Waals surface area contributed by atoms with Crippen LogP contribution < -0.4 is 0 Å². The number of carboxylic acids is 1. The molecule has 1 aliphatic carbocycles. The van der Waals surface area contributed by atoms with Crippen molar-refractivity contribution in [2.45, 2.75) is 0 Å². The molecule has 0 aliphatic heterocycles. The summed E-state index contributed by atoms with van der Waals surface area (Å²) >= 11 is 0. The lowest BCUT2D eigenvalue weighted by Crippen LogP contribution is -1.98. The first-order valence-corrected chi connectivity index (χ1v) is 4.97. The molecule has 0 saturated heterocycles. The van der Waals surface area contributed by atoms with Crippen LogP contribution in [-0.2, 0) is 4.79 Å². The van der Waals surface area contributed by atoms with Gasteiger partial charge >= 0.3 is 5.97 Å². The highest BCUT2D eigenvalue weighted by molar-refractivity contribution is 6.17. The van der Waals surface area contributed by atoms with Crippen LogP contribution in [0.5, 0.6) is 0 Å². The molecule has 1 aromatic rings. The summed E-state index contributed by atoms with van der Waals surface area (Å²) in [7, 11) is 0. The second-order valence-corrected chi connectivity index (χ2v) is 3.46. The molecule has 17 heavy (non-hydrogen) atoms. The maximum absolute atomic E-state index is 10.9. The lowest BCUT2D eigenvalue weighted by Gasteiger charge is -2.00. The molecule has 0 radical (unpaired) electrons. The van der Waals surface area contributed by atoms with Crippen molar-refractivity contribution < 1.29 is 14.7 Å². The lowest BCUT2D eigenvalue weighted by atomic mass is 10.1. The fraction of sp³-hybridized carbons (Fsp3) is 0. The van der Waals surface area contributed by atoms with Crippen LogP contribution >= 0.6 is 0 Å². The molecule has 4 nitrogen and oxygen atoms in total. The number of rotatable bonds is 2. The molecular weight excluding hydrogens is 218 g/mol. The normalized spacial score (nSPS) is 13.9. The first-order valence-electron chi connectivity index (χ1n) is 4.97. The Balaban J connectivity index is 2.22. The zero-order chi connectivity index (χ0) is 12.3. The summed E-state index contributed by atoms with van der Waals surface area (Å²) in [5, 5.41) is 8.73. The van der Waals surface area contributed by atoms with E-state index in [-0.39, 0.29) is 11.3 Å². The zero-order valence-electron chi connectivity index (χ0n) is 8.83. The molecule has 0 heterocycles. The lowest BCUT2D eigenvalue weighted by molar-refractivity contribution is -0.110. The predicted molar refractivity (Wildman–Crippen MR) is 63.8 cm³/mol. The van der Waals surface area contributed by atoms with E-state index < -0.39 is 5.97 Å². The molecule has 1 N–H and O–H groups in total. The number of allylic oxidation sites excluding steroid dienone is 4. The minimum absolute atomic E-state index is 0.0647. The molecule has 0 aromatic heterocycles. The number of aromatic carboxylic acids is 1. The molecule has 0 fully saturated rings. The first-order chi connectivity index (χ1) is 8.15. The van der Waals surface area contributed by atoms with E-state index in [1.807, 2.05) is 0 Å². The number of carbonyl (C=O) groups excluding carboxylic acids is 1. The number of benzene rings is 1. The highest BCUT2D eigenvalue weighted by atomic mass is 16.4. The third-order valence-corrected chi connectivity index (χ3v) is 2.21. The van der Waals surface area contributed by atoms with Gasteiger partial charge in [0.2, 0.25) is 0 Å². The number of hydrogen-bond donors (Lipinski definition) is 1. The van der Waals surface area contributed by atoms with E-state index in [4.69, 9.17) is 5.11 Å². The molecule has 0 atom stereocenters. The van der Waals surface area contributed by atoms with Crippen molar-refractivity contribution in [3.05, 3.63) is 54.1 Å². The molecule has 4 heteroatoms. The molecule has 0 saturated carbocycles. The van der Waals surface area contributed by atoms with E-state index in [1.165, 1.54) is 24.3 Å².